The summed E-state index contributed by atoms with van der Waals surface area (Å²) >= 11 is 0. The smallest absolute Gasteiger partial charge is 0.310 e. The molecule has 26 heavy (non-hydrogen) atoms. The van der Waals surface area contributed by atoms with Crippen LogP contribution in [0.2, 0.25) is 0 Å². The molecule has 0 unspecified atom stereocenters. The van der Waals surface area contributed by atoms with E-state index in [4.69, 9.17) is 0 Å². The van der Waals surface area contributed by atoms with Gasteiger partial charge in [0.15, 0.2) is 0 Å². The molecule has 0 saturated carbocycles. The number of anilines is 1. The standard InChI is InChI=1S/C19H19N3O3S/c1-14-9-11-15(12-10-14)17-13-18(22(3)26(24,25)20-17)19(23)21(2)16-7-5-4-6-8-16/h4-13H,1-3H3. The summed E-state index contributed by atoms with van der Waals surface area (Å²) in [5, 5.41) is 0. The maximum Gasteiger partial charge on any atom is 0.345 e. The number of rotatable bonds is 3. The van der Waals surface area contributed by atoms with Gasteiger partial charge in [0.1, 0.15) is 5.70 Å². The Labute approximate surface area is 153 Å². The molecule has 0 N–H and O–H groups in total. The van der Waals surface area contributed by atoms with Gasteiger partial charge in [-0.25, -0.2) is 4.31 Å². The van der Waals surface area contributed by atoms with Crippen LogP contribution >= 0.6 is 0 Å². The maximum absolute atomic E-state index is 12.9. The molecular formula is C19H19N3O3S. The van der Waals surface area contributed by atoms with Gasteiger partial charge in [-0.05, 0) is 25.1 Å². The largest absolute Gasteiger partial charge is 0.345 e. The monoisotopic (exact) mass is 369 g/mol. The van der Waals surface area contributed by atoms with E-state index in [2.05, 4.69) is 4.40 Å². The number of likely N-dealkylation sites (N-methyl/N-ethyl adjacent to an activating group) is 2. The second-order valence-electron chi connectivity index (χ2n) is 6.02. The van der Waals surface area contributed by atoms with Gasteiger partial charge in [0, 0.05) is 25.3 Å². The number of benzene rings is 2. The molecule has 0 aliphatic carbocycles. The van der Waals surface area contributed by atoms with Gasteiger partial charge in [-0.2, -0.15) is 8.42 Å². The fourth-order valence-corrected chi connectivity index (χ4v) is 3.46. The van der Waals surface area contributed by atoms with E-state index >= 15 is 0 Å². The third kappa shape index (κ3) is 3.39. The van der Waals surface area contributed by atoms with Crippen LogP contribution in [0.4, 0.5) is 5.69 Å². The van der Waals surface area contributed by atoms with Gasteiger partial charge in [0.2, 0.25) is 0 Å². The number of carbonyl (C=O) groups is 1. The van der Waals surface area contributed by atoms with Crippen molar-refractivity contribution in [1.82, 2.24) is 4.31 Å². The predicted molar refractivity (Wildman–Crippen MR) is 102 cm³/mol. The van der Waals surface area contributed by atoms with Crippen LogP contribution in [0.25, 0.3) is 0 Å². The Hall–Kier alpha value is -2.93. The highest BCUT2D eigenvalue weighted by atomic mass is 32.2. The fourth-order valence-electron chi connectivity index (χ4n) is 2.55. The lowest BCUT2D eigenvalue weighted by atomic mass is 10.1. The van der Waals surface area contributed by atoms with Gasteiger partial charge in [0.25, 0.3) is 5.91 Å². The van der Waals surface area contributed by atoms with E-state index in [0.29, 0.717) is 11.3 Å². The van der Waals surface area contributed by atoms with Gasteiger partial charge in [-0.1, -0.05) is 48.0 Å². The molecule has 134 valence electrons. The van der Waals surface area contributed by atoms with Crippen LogP contribution in [0.5, 0.6) is 0 Å². The van der Waals surface area contributed by atoms with Crippen LogP contribution < -0.4 is 4.90 Å². The molecular weight excluding hydrogens is 350 g/mol. The SMILES string of the molecule is Cc1ccc(C2=NS(=O)(=O)N(C)C(C(=O)N(C)c3ccccc3)=C2)cc1. The zero-order chi connectivity index (χ0) is 18.9. The predicted octanol–water partition coefficient (Wildman–Crippen LogP) is 2.52. The number of nitrogens with zero attached hydrogens (tertiary/aromatic N) is 3. The molecule has 2 aromatic carbocycles. The number of amides is 1. The van der Waals surface area contributed by atoms with Crippen LogP contribution in [-0.4, -0.2) is 38.4 Å². The summed E-state index contributed by atoms with van der Waals surface area (Å²) in [7, 11) is -1.04. The molecule has 7 heteroatoms. The summed E-state index contributed by atoms with van der Waals surface area (Å²) in [6.45, 7) is 1.94. The molecule has 3 rings (SSSR count). The van der Waals surface area contributed by atoms with Gasteiger partial charge in [0.05, 0.1) is 5.71 Å². The second-order valence-corrected chi connectivity index (χ2v) is 7.64. The zero-order valence-electron chi connectivity index (χ0n) is 14.7. The van der Waals surface area contributed by atoms with Crippen LogP contribution in [0.1, 0.15) is 11.1 Å². The van der Waals surface area contributed by atoms with Gasteiger partial charge < -0.3 is 4.90 Å². The number of para-hydroxylation sites is 1. The first-order chi connectivity index (χ1) is 12.3. The number of hydrogen-bond acceptors (Lipinski definition) is 3. The van der Waals surface area contributed by atoms with E-state index in [1.807, 2.05) is 37.3 Å². The summed E-state index contributed by atoms with van der Waals surface area (Å²) in [5.74, 6) is -0.429. The highest BCUT2D eigenvalue weighted by Crippen LogP contribution is 2.23. The van der Waals surface area contributed by atoms with Crippen molar-refractivity contribution in [1.29, 1.82) is 0 Å². The van der Waals surface area contributed by atoms with Crippen LogP contribution in [0, 0.1) is 6.92 Å². The molecule has 1 heterocycles. The molecule has 0 radical (unpaired) electrons. The number of carbonyl (C=O) groups excluding carboxylic acids is 1. The highest BCUT2D eigenvalue weighted by Gasteiger charge is 2.31. The summed E-state index contributed by atoms with van der Waals surface area (Å²) in [6.07, 6.45) is 1.51. The van der Waals surface area contributed by atoms with Crippen LogP contribution in [0.3, 0.4) is 0 Å². The van der Waals surface area contributed by atoms with Gasteiger partial charge >= 0.3 is 10.2 Å². The summed E-state index contributed by atoms with van der Waals surface area (Å²) in [4.78, 5) is 14.3. The Bertz CT molecular complexity index is 994. The molecule has 0 aromatic heterocycles. The van der Waals surface area contributed by atoms with Gasteiger partial charge in [-0.15, -0.1) is 4.40 Å². The maximum atomic E-state index is 12.9. The van der Waals surface area contributed by atoms with Crippen molar-refractivity contribution in [2.45, 2.75) is 6.92 Å². The summed E-state index contributed by atoms with van der Waals surface area (Å²) in [6, 6.07) is 16.4. The minimum atomic E-state index is -3.97. The van der Waals surface area contributed by atoms with Gasteiger partial charge in [-0.3, -0.25) is 4.79 Å². The Balaban J connectivity index is 2.03. The Morgan fingerprint density at radius 3 is 2.27 bits per heavy atom. The molecule has 6 nitrogen and oxygen atoms in total. The first-order valence-electron chi connectivity index (χ1n) is 8.00. The van der Waals surface area contributed by atoms with Crippen molar-refractivity contribution in [3.63, 3.8) is 0 Å². The van der Waals surface area contributed by atoms with Crippen molar-refractivity contribution >= 4 is 27.5 Å². The third-order valence-electron chi connectivity index (χ3n) is 4.19. The number of allylic oxidation sites excluding steroid dienone is 1. The molecule has 1 aliphatic heterocycles. The van der Waals surface area contributed by atoms with Crippen molar-refractivity contribution < 1.29 is 13.2 Å². The normalized spacial score (nSPS) is 15.9. The van der Waals surface area contributed by atoms with Crippen molar-refractivity contribution in [3.05, 3.63) is 77.5 Å². The fraction of sp³-hybridized carbons (Fsp3) is 0.158. The first kappa shape index (κ1) is 17.9. The minimum Gasteiger partial charge on any atom is -0.310 e. The molecule has 0 bridgehead atoms. The molecule has 0 atom stereocenters. The third-order valence-corrected chi connectivity index (χ3v) is 5.50. The Kier molecular flexibility index (Phi) is 4.65. The van der Waals surface area contributed by atoms with E-state index in [-0.39, 0.29) is 11.4 Å². The molecule has 2 aromatic rings. The van der Waals surface area contributed by atoms with E-state index in [1.165, 1.54) is 18.0 Å². The zero-order valence-corrected chi connectivity index (χ0v) is 15.6. The molecule has 0 saturated heterocycles. The van der Waals surface area contributed by atoms with Crippen molar-refractivity contribution in [3.8, 4) is 0 Å². The lowest BCUT2D eigenvalue weighted by Gasteiger charge is -2.27. The van der Waals surface area contributed by atoms with E-state index in [9.17, 15) is 13.2 Å². The summed E-state index contributed by atoms with van der Waals surface area (Å²) in [5.41, 5.74) is 2.65. The lowest BCUT2D eigenvalue weighted by molar-refractivity contribution is -0.115. The van der Waals surface area contributed by atoms with Crippen molar-refractivity contribution in [2.75, 3.05) is 19.0 Å². The van der Waals surface area contributed by atoms with E-state index < -0.39 is 16.1 Å². The number of hydrogen-bond donors (Lipinski definition) is 0. The molecule has 0 spiro atoms. The second kappa shape index (κ2) is 6.76. The molecule has 1 aliphatic rings. The Morgan fingerprint density at radius 1 is 1.04 bits per heavy atom. The topological polar surface area (TPSA) is 70.0 Å². The lowest BCUT2D eigenvalue weighted by Crippen LogP contribution is -2.39. The van der Waals surface area contributed by atoms with E-state index in [1.54, 1.807) is 31.3 Å². The highest BCUT2D eigenvalue weighted by molar-refractivity contribution is 7.88. The first-order valence-corrected chi connectivity index (χ1v) is 9.40. The van der Waals surface area contributed by atoms with Crippen LogP contribution in [0.15, 0.2) is 70.8 Å². The van der Waals surface area contributed by atoms with E-state index in [0.717, 1.165) is 9.87 Å². The average molecular weight is 369 g/mol. The minimum absolute atomic E-state index is 0.0435. The molecule has 0 fully saturated rings. The average Bonchev–Trinajstić information content (AvgIpc) is 2.64. The Morgan fingerprint density at radius 2 is 1.65 bits per heavy atom. The molecule has 1 amide bonds. The number of aryl methyl sites for hydroxylation is 1. The summed E-state index contributed by atoms with van der Waals surface area (Å²) < 4.78 is 29.6. The quantitative estimate of drug-likeness (QED) is 0.835. The van der Waals surface area contributed by atoms with Crippen LogP contribution in [-0.2, 0) is 15.0 Å². The van der Waals surface area contributed by atoms with Crippen molar-refractivity contribution in [2.24, 2.45) is 4.40 Å².